The van der Waals surface area contributed by atoms with Crippen LogP contribution in [0, 0.1) is 23.0 Å². The molecule has 0 heterocycles. The number of likely N-dealkylation sites (N-methyl/N-ethyl adjacent to an activating group) is 2. The lowest BCUT2D eigenvalue weighted by Crippen LogP contribution is -2.36. The van der Waals surface area contributed by atoms with E-state index in [4.69, 9.17) is 5.26 Å². The van der Waals surface area contributed by atoms with Gasteiger partial charge in [0.1, 0.15) is 5.69 Å². The molecule has 0 saturated heterocycles. The van der Waals surface area contributed by atoms with Gasteiger partial charge in [0.15, 0.2) is 11.6 Å². The lowest BCUT2D eigenvalue weighted by Gasteiger charge is -2.23. The van der Waals surface area contributed by atoms with Gasteiger partial charge in [-0.15, -0.1) is 0 Å². The molecule has 0 aliphatic carbocycles. The summed E-state index contributed by atoms with van der Waals surface area (Å²) in [5, 5.41) is 11.0. The Balaban J connectivity index is 3.14. The maximum atomic E-state index is 13.7. The van der Waals surface area contributed by atoms with Gasteiger partial charge in [-0.05, 0) is 19.1 Å². The monoisotopic (exact) mass is 253 g/mol. The average Bonchev–Trinajstić information content (AvgIpc) is 2.35. The Morgan fingerprint density at radius 2 is 2.00 bits per heavy atom. The van der Waals surface area contributed by atoms with Gasteiger partial charge >= 0.3 is 0 Å². The fraction of sp³-hybridized carbons (Fsp3) is 0.333. The number of carbonyl (C=O) groups is 1. The number of nitriles is 1. The number of carbonyl (C=O) groups excluding carboxylic acids is 1. The summed E-state index contributed by atoms with van der Waals surface area (Å²) in [5.41, 5.74) is -0.384. The molecule has 1 N–H and O–H groups in total. The molecule has 18 heavy (non-hydrogen) atoms. The van der Waals surface area contributed by atoms with Crippen molar-refractivity contribution in [2.24, 2.45) is 0 Å². The first-order valence-electron chi connectivity index (χ1n) is 5.38. The van der Waals surface area contributed by atoms with Crippen molar-refractivity contribution in [3.63, 3.8) is 0 Å². The van der Waals surface area contributed by atoms with Crippen LogP contribution in [0.3, 0.4) is 0 Å². The molecule has 0 saturated carbocycles. The molecule has 0 aliphatic heterocycles. The number of halogens is 2. The van der Waals surface area contributed by atoms with Crippen LogP contribution in [0.1, 0.15) is 12.5 Å². The highest BCUT2D eigenvalue weighted by molar-refractivity contribution is 5.81. The molecule has 1 aromatic carbocycles. The topological polar surface area (TPSA) is 56.1 Å². The van der Waals surface area contributed by atoms with Gasteiger partial charge < -0.3 is 10.2 Å². The normalized spacial score (nSPS) is 9.72. The van der Waals surface area contributed by atoms with E-state index in [1.54, 1.807) is 13.0 Å². The lowest BCUT2D eigenvalue weighted by molar-refractivity contribution is -0.119. The van der Waals surface area contributed by atoms with Gasteiger partial charge in [-0.1, -0.05) is 0 Å². The SMILES string of the molecule is CCN(CC(=O)NC)c1c(F)cc(C#N)cc1F. The minimum Gasteiger partial charge on any atom is -0.358 e. The molecule has 4 nitrogen and oxygen atoms in total. The molecule has 0 unspecified atom stereocenters. The lowest BCUT2D eigenvalue weighted by atomic mass is 10.2. The fourth-order valence-corrected chi connectivity index (χ4v) is 1.53. The summed E-state index contributed by atoms with van der Waals surface area (Å²) in [6, 6.07) is 3.57. The van der Waals surface area contributed by atoms with E-state index in [1.807, 2.05) is 0 Å². The highest BCUT2D eigenvalue weighted by Gasteiger charge is 2.18. The highest BCUT2D eigenvalue weighted by Crippen LogP contribution is 2.24. The molecule has 0 radical (unpaired) electrons. The van der Waals surface area contributed by atoms with Crippen LogP contribution in [0.4, 0.5) is 14.5 Å². The summed E-state index contributed by atoms with van der Waals surface area (Å²) in [7, 11) is 1.45. The van der Waals surface area contributed by atoms with E-state index in [2.05, 4.69) is 5.32 Å². The predicted octanol–water partition coefficient (Wildman–Crippen LogP) is 1.41. The Morgan fingerprint density at radius 3 is 2.39 bits per heavy atom. The largest absolute Gasteiger partial charge is 0.358 e. The Hall–Kier alpha value is -2.16. The molecular weight excluding hydrogens is 240 g/mol. The van der Waals surface area contributed by atoms with E-state index < -0.39 is 11.6 Å². The van der Waals surface area contributed by atoms with Crippen molar-refractivity contribution in [1.82, 2.24) is 5.32 Å². The minimum absolute atomic E-state index is 0.0928. The van der Waals surface area contributed by atoms with Crippen molar-refractivity contribution < 1.29 is 13.6 Å². The van der Waals surface area contributed by atoms with Crippen molar-refractivity contribution in [1.29, 1.82) is 5.26 Å². The van der Waals surface area contributed by atoms with Gasteiger partial charge in [0.25, 0.3) is 0 Å². The molecule has 1 aromatic rings. The van der Waals surface area contributed by atoms with Gasteiger partial charge in [-0.25, -0.2) is 8.78 Å². The number of hydrogen-bond acceptors (Lipinski definition) is 3. The smallest absolute Gasteiger partial charge is 0.239 e. The number of anilines is 1. The number of hydrogen-bond donors (Lipinski definition) is 1. The molecule has 0 fully saturated rings. The Kier molecular flexibility index (Phi) is 4.60. The Morgan fingerprint density at radius 1 is 1.44 bits per heavy atom. The molecule has 0 aliphatic rings. The fourth-order valence-electron chi connectivity index (χ4n) is 1.53. The maximum absolute atomic E-state index is 13.7. The van der Waals surface area contributed by atoms with Gasteiger partial charge in [-0.2, -0.15) is 5.26 Å². The van der Waals surface area contributed by atoms with Gasteiger partial charge in [0.05, 0.1) is 18.2 Å². The third-order valence-electron chi connectivity index (χ3n) is 2.46. The molecule has 96 valence electrons. The molecule has 0 aromatic heterocycles. The van der Waals surface area contributed by atoms with Crippen molar-refractivity contribution in [2.75, 3.05) is 25.0 Å². The number of rotatable bonds is 4. The second-order valence-electron chi connectivity index (χ2n) is 3.59. The van der Waals surface area contributed by atoms with E-state index >= 15 is 0 Å². The first-order chi connectivity index (χ1) is 8.53. The summed E-state index contributed by atoms with van der Waals surface area (Å²) < 4.78 is 27.4. The molecule has 0 atom stereocenters. The molecular formula is C12H13F2N3O. The summed E-state index contributed by atoms with van der Waals surface area (Å²) in [6.07, 6.45) is 0. The maximum Gasteiger partial charge on any atom is 0.239 e. The van der Waals surface area contributed by atoms with Crippen LogP contribution < -0.4 is 10.2 Å². The summed E-state index contributed by atoms with van der Waals surface area (Å²) in [6.45, 7) is 1.81. The quantitative estimate of drug-likeness (QED) is 0.882. The standard InChI is InChI=1S/C12H13F2N3O/c1-3-17(7-11(18)16-2)12-9(13)4-8(6-15)5-10(12)14/h4-5H,3,7H2,1-2H3,(H,16,18). The number of nitrogens with zero attached hydrogens (tertiary/aromatic N) is 2. The first-order valence-corrected chi connectivity index (χ1v) is 5.38. The van der Waals surface area contributed by atoms with Crippen LogP contribution in [0.15, 0.2) is 12.1 Å². The zero-order valence-corrected chi connectivity index (χ0v) is 10.1. The van der Waals surface area contributed by atoms with E-state index in [0.717, 1.165) is 12.1 Å². The van der Waals surface area contributed by atoms with Crippen LogP contribution in [-0.4, -0.2) is 26.0 Å². The van der Waals surface area contributed by atoms with Crippen molar-refractivity contribution in [3.8, 4) is 6.07 Å². The Bertz CT molecular complexity index is 474. The van der Waals surface area contributed by atoms with Crippen molar-refractivity contribution in [3.05, 3.63) is 29.3 Å². The average molecular weight is 253 g/mol. The third-order valence-corrected chi connectivity index (χ3v) is 2.46. The van der Waals surface area contributed by atoms with Crippen LogP contribution in [-0.2, 0) is 4.79 Å². The van der Waals surface area contributed by atoms with Crippen LogP contribution in [0.5, 0.6) is 0 Å². The Labute approximate surface area is 104 Å². The van der Waals surface area contributed by atoms with E-state index in [1.165, 1.54) is 11.9 Å². The van der Waals surface area contributed by atoms with Crippen LogP contribution in [0.25, 0.3) is 0 Å². The first kappa shape index (κ1) is 13.9. The number of benzene rings is 1. The molecule has 1 amide bonds. The highest BCUT2D eigenvalue weighted by atomic mass is 19.1. The third kappa shape index (κ3) is 2.94. The summed E-state index contributed by atoms with van der Waals surface area (Å²) in [5.74, 6) is -2.05. The van der Waals surface area contributed by atoms with Crippen molar-refractivity contribution in [2.45, 2.75) is 6.92 Å². The van der Waals surface area contributed by atoms with Gasteiger partial charge in [0, 0.05) is 13.6 Å². The van der Waals surface area contributed by atoms with Crippen LogP contribution in [0.2, 0.25) is 0 Å². The zero-order valence-electron chi connectivity index (χ0n) is 10.1. The molecule has 1 rings (SSSR count). The van der Waals surface area contributed by atoms with Crippen LogP contribution >= 0.6 is 0 Å². The number of amides is 1. The second-order valence-corrected chi connectivity index (χ2v) is 3.59. The minimum atomic E-state index is -0.850. The van der Waals surface area contributed by atoms with Crippen molar-refractivity contribution >= 4 is 11.6 Å². The summed E-state index contributed by atoms with van der Waals surface area (Å²) >= 11 is 0. The number of nitrogens with one attached hydrogen (secondary N) is 1. The summed E-state index contributed by atoms with van der Waals surface area (Å²) in [4.78, 5) is 12.5. The van der Waals surface area contributed by atoms with E-state index in [-0.39, 0.29) is 30.2 Å². The molecule has 0 spiro atoms. The van der Waals surface area contributed by atoms with E-state index in [9.17, 15) is 13.6 Å². The zero-order chi connectivity index (χ0) is 13.7. The molecule has 0 bridgehead atoms. The van der Waals surface area contributed by atoms with Gasteiger partial charge in [0.2, 0.25) is 5.91 Å². The van der Waals surface area contributed by atoms with E-state index in [0.29, 0.717) is 0 Å². The second kappa shape index (κ2) is 5.96. The van der Waals surface area contributed by atoms with Gasteiger partial charge in [-0.3, -0.25) is 4.79 Å². The molecule has 6 heteroatoms. The predicted molar refractivity (Wildman–Crippen MR) is 63.0 cm³/mol.